The van der Waals surface area contributed by atoms with Crippen LogP contribution in [0.4, 0.5) is 5.00 Å². The maximum atomic E-state index is 12.9. The van der Waals surface area contributed by atoms with Gasteiger partial charge in [-0.2, -0.15) is 0 Å². The number of thiophene rings is 1. The molecule has 0 bridgehead atoms. The molecule has 0 atom stereocenters. The second kappa shape index (κ2) is 8.68. The lowest BCUT2D eigenvalue weighted by Gasteiger charge is -2.38. The van der Waals surface area contributed by atoms with Gasteiger partial charge in [0.2, 0.25) is 6.79 Å². The number of ether oxygens (including phenoxy) is 3. The summed E-state index contributed by atoms with van der Waals surface area (Å²) in [6.07, 6.45) is 3.03. The third-order valence-electron chi connectivity index (χ3n) is 5.83. The first-order chi connectivity index (χ1) is 15.6. The number of rotatable bonds is 6. The largest absolute Gasteiger partial charge is 0.459 e. The van der Waals surface area contributed by atoms with Gasteiger partial charge in [-0.25, -0.2) is 0 Å². The van der Waals surface area contributed by atoms with E-state index in [9.17, 15) is 9.59 Å². The molecule has 4 heterocycles. The lowest BCUT2D eigenvalue weighted by Crippen LogP contribution is -2.44. The van der Waals surface area contributed by atoms with Gasteiger partial charge in [0.05, 0.1) is 16.1 Å². The molecule has 9 heteroatoms. The minimum Gasteiger partial charge on any atom is -0.459 e. The van der Waals surface area contributed by atoms with Crippen LogP contribution < -0.4 is 20.1 Å². The fraction of sp³-hybridized carbons (Fsp3) is 0.304. The third kappa shape index (κ3) is 4.09. The summed E-state index contributed by atoms with van der Waals surface area (Å²) in [5.41, 5.74) is 0.852. The molecule has 0 saturated carbocycles. The van der Waals surface area contributed by atoms with Gasteiger partial charge < -0.3 is 29.3 Å². The molecular weight excluding hydrogens is 432 g/mol. The molecule has 2 aliphatic heterocycles. The Kier molecular flexibility index (Phi) is 5.59. The molecule has 3 aromatic rings. The van der Waals surface area contributed by atoms with Crippen molar-refractivity contribution >= 4 is 28.2 Å². The van der Waals surface area contributed by atoms with E-state index >= 15 is 0 Å². The summed E-state index contributed by atoms with van der Waals surface area (Å²) in [7, 11) is 0. The van der Waals surface area contributed by atoms with Crippen LogP contribution in [-0.2, 0) is 10.2 Å². The van der Waals surface area contributed by atoms with Crippen LogP contribution in [0.15, 0.2) is 53.1 Å². The van der Waals surface area contributed by atoms with Crippen molar-refractivity contribution in [2.75, 3.05) is 31.9 Å². The molecule has 2 N–H and O–H groups in total. The van der Waals surface area contributed by atoms with Crippen LogP contribution in [0.2, 0.25) is 0 Å². The van der Waals surface area contributed by atoms with Crippen molar-refractivity contribution in [3.63, 3.8) is 0 Å². The second-order valence-electron chi connectivity index (χ2n) is 7.74. The van der Waals surface area contributed by atoms with E-state index in [1.807, 2.05) is 18.2 Å². The third-order valence-corrected chi connectivity index (χ3v) is 6.83. The van der Waals surface area contributed by atoms with Crippen LogP contribution in [0.1, 0.15) is 38.6 Å². The summed E-state index contributed by atoms with van der Waals surface area (Å²) in [6, 6.07) is 12.6. The molecule has 8 nitrogen and oxygen atoms in total. The lowest BCUT2D eigenvalue weighted by molar-refractivity contribution is 0.0487. The molecular formula is C23H22N2O6S. The Balaban J connectivity index is 1.27. The summed E-state index contributed by atoms with van der Waals surface area (Å²) < 4.78 is 21.7. The van der Waals surface area contributed by atoms with Crippen molar-refractivity contribution in [3.05, 3.63) is 64.9 Å². The highest BCUT2D eigenvalue weighted by atomic mass is 32.1. The lowest BCUT2D eigenvalue weighted by atomic mass is 9.74. The predicted molar refractivity (Wildman–Crippen MR) is 118 cm³/mol. The number of anilines is 1. The second-order valence-corrected chi connectivity index (χ2v) is 8.82. The van der Waals surface area contributed by atoms with Crippen molar-refractivity contribution in [1.82, 2.24) is 5.32 Å². The standard InChI is InChI=1S/C23H22N2O6S/c26-21(17-2-1-9-29-17)25-20-6-5-19(32-20)22(27)24-13-23(7-10-28-11-8-23)15-3-4-16-18(12-15)31-14-30-16/h1-6,9,12H,7-8,10-11,13-14H2,(H,24,27)(H,25,26). The quantitative estimate of drug-likeness (QED) is 0.588. The number of carbonyl (C=O) groups is 2. The van der Waals surface area contributed by atoms with Gasteiger partial charge in [-0.15, -0.1) is 11.3 Å². The smallest absolute Gasteiger partial charge is 0.291 e. The van der Waals surface area contributed by atoms with Gasteiger partial charge in [-0.05, 0) is 54.8 Å². The normalized spacial score (nSPS) is 16.5. The fourth-order valence-electron chi connectivity index (χ4n) is 4.00. The minimum absolute atomic E-state index is 0.180. The molecule has 5 rings (SSSR count). The molecule has 1 aromatic carbocycles. The van der Waals surface area contributed by atoms with Crippen molar-refractivity contribution < 1.29 is 28.2 Å². The van der Waals surface area contributed by atoms with Crippen LogP contribution in [0.25, 0.3) is 0 Å². The van der Waals surface area contributed by atoms with Crippen LogP contribution in [0.3, 0.4) is 0 Å². The molecule has 0 spiro atoms. The zero-order chi connectivity index (χ0) is 22.0. The zero-order valence-electron chi connectivity index (χ0n) is 17.2. The van der Waals surface area contributed by atoms with Crippen molar-refractivity contribution in [2.45, 2.75) is 18.3 Å². The average molecular weight is 455 g/mol. The number of hydrogen-bond acceptors (Lipinski definition) is 7. The highest BCUT2D eigenvalue weighted by molar-refractivity contribution is 7.18. The van der Waals surface area contributed by atoms with E-state index < -0.39 is 0 Å². The number of nitrogens with one attached hydrogen (secondary N) is 2. The molecule has 32 heavy (non-hydrogen) atoms. The van der Waals surface area contributed by atoms with E-state index in [0.717, 1.165) is 29.9 Å². The molecule has 166 valence electrons. The SMILES string of the molecule is O=C(Nc1ccc(C(=O)NCC2(c3ccc4c(c3)OCO4)CCOCC2)s1)c1ccco1. The molecule has 2 aromatic heterocycles. The molecule has 1 fully saturated rings. The van der Waals surface area contributed by atoms with E-state index in [1.54, 1.807) is 24.3 Å². The van der Waals surface area contributed by atoms with Crippen molar-refractivity contribution in [3.8, 4) is 11.5 Å². The summed E-state index contributed by atoms with van der Waals surface area (Å²) in [5, 5.41) is 6.41. The summed E-state index contributed by atoms with van der Waals surface area (Å²) in [4.78, 5) is 25.5. The number of benzene rings is 1. The van der Waals surface area contributed by atoms with Gasteiger partial charge in [0.25, 0.3) is 11.8 Å². The van der Waals surface area contributed by atoms with Crippen molar-refractivity contribution in [2.24, 2.45) is 0 Å². The topological polar surface area (TPSA) is 99.0 Å². The molecule has 0 aliphatic carbocycles. The number of hydrogen-bond donors (Lipinski definition) is 2. The van der Waals surface area contributed by atoms with Gasteiger partial charge >= 0.3 is 0 Å². The Labute approximate surface area is 188 Å². The van der Waals surface area contributed by atoms with Crippen LogP contribution in [-0.4, -0.2) is 38.4 Å². The minimum atomic E-state index is -0.354. The molecule has 0 radical (unpaired) electrons. The monoisotopic (exact) mass is 454 g/mol. The van der Waals surface area contributed by atoms with Gasteiger partial charge in [-0.3, -0.25) is 9.59 Å². The number of furan rings is 1. The fourth-order valence-corrected chi connectivity index (χ4v) is 4.82. The van der Waals surface area contributed by atoms with E-state index in [2.05, 4.69) is 10.6 Å². The van der Waals surface area contributed by atoms with Gasteiger partial charge in [0.15, 0.2) is 17.3 Å². The summed E-state index contributed by atoms with van der Waals surface area (Å²) >= 11 is 1.22. The van der Waals surface area contributed by atoms with Gasteiger partial charge in [0.1, 0.15) is 0 Å². The van der Waals surface area contributed by atoms with Gasteiger partial charge in [0, 0.05) is 25.2 Å². The number of carbonyl (C=O) groups excluding carboxylic acids is 2. The maximum Gasteiger partial charge on any atom is 0.291 e. The Morgan fingerprint density at radius 2 is 1.84 bits per heavy atom. The zero-order valence-corrected chi connectivity index (χ0v) is 18.0. The van der Waals surface area contributed by atoms with E-state index in [1.165, 1.54) is 17.6 Å². The van der Waals surface area contributed by atoms with E-state index in [-0.39, 0.29) is 29.8 Å². The average Bonchev–Trinajstić information content (AvgIpc) is 3.59. The van der Waals surface area contributed by atoms with Crippen LogP contribution in [0, 0.1) is 0 Å². The van der Waals surface area contributed by atoms with Gasteiger partial charge in [-0.1, -0.05) is 6.07 Å². The Hall–Kier alpha value is -3.30. The van der Waals surface area contributed by atoms with E-state index in [0.29, 0.717) is 29.6 Å². The summed E-state index contributed by atoms with van der Waals surface area (Å²) in [5.74, 6) is 1.15. The number of fused-ring (bicyclic) bond motifs is 1. The molecule has 2 aliphatic rings. The molecule has 0 unspecified atom stereocenters. The van der Waals surface area contributed by atoms with E-state index in [4.69, 9.17) is 18.6 Å². The number of amides is 2. The molecule has 1 saturated heterocycles. The predicted octanol–water partition coefficient (Wildman–Crippen LogP) is 3.80. The highest BCUT2D eigenvalue weighted by Gasteiger charge is 2.36. The molecule has 2 amide bonds. The van der Waals surface area contributed by atoms with Crippen LogP contribution in [0.5, 0.6) is 11.5 Å². The Morgan fingerprint density at radius 3 is 2.66 bits per heavy atom. The first kappa shape index (κ1) is 20.6. The highest BCUT2D eigenvalue weighted by Crippen LogP contribution is 2.40. The van der Waals surface area contributed by atoms with Crippen molar-refractivity contribution in [1.29, 1.82) is 0 Å². The Morgan fingerprint density at radius 1 is 1.00 bits per heavy atom. The first-order valence-electron chi connectivity index (χ1n) is 10.3. The summed E-state index contributed by atoms with van der Waals surface area (Å²) in [6.45, 7) is 1.96. The maximum absolute atomic E-state index is 12.9. The van der Waals surface area contributed by atoms with Crippen LogP contribution >= 0.6 is 11.3 Å². The Bertz CT molecular complexity index is 1120. The first-order valence-corrected chi connectivity index (χ1v) is 11.2.